The van der Waals surface area contributed by atoms with Gasteiger partial charge in [0.2, 0.25) is 5.88 Å². The van der Waals surface area contributed by atoms with Crippen LogP contribution in [0.1, 0.15) is 17.3 Å². The predicted molar refractivity (Wildman–Crippen MR) is 122 cm³/mol. The molecule has 0 aliphatic heterocycles. The molecule has 35 heavy (non-hydrogen) atoms. The second-order valence-corrected chi connectivity index (χ2v) is 6.97. The van der Waals surface area contributed by atoms with Crippen molar-refractivity contribution in [3.8, 4) is 23.1 Å². The first kappa shape index (κ1) is 25.8. The number of aromatic nitrogens is 2. The van der Waals surface area contributed by atoms with Gasteiger partial charge in [-0.1, -0.05) is 0 Å². The number of ether oxygens (including phenoxy) is 6. The van der Waals surface area contributed by atoms with Crippen molar-refractivity contribution in [3.05, 3.63) is 48.0 Å². The maximum atomic E-state index is 14.6. The van der Waals surface area contributed by atoms with Crippen LogP contribution in [0, 0.1) is 5.82 Å². The summed E-state index contributed by atoms with van der Waals surface area (Å²) >= 11 is 0. The van der Waals surface area contributed by atoms with Crippen molar-refractivity contribution >= 4 is 22.7 Å². The molecule has 2 aromatic carbocycles. The molecular formula is C24H25FN2O8. The molecule has 0 atom stereocenters. The van der Waals surface area contributed by atoms with E-state index in [9.17, 15) is 14.0 Å². The first-order chi connectivity index (χ1) is 17.0. The molecule has 0 saturated heterocycles. The number of ketones is 1. The molecule has 3 rings (SSSR count). The van der Waals surface area contributed by atoms with E-state index < -0.39 is 23.1 Å². The molecule has 0 aliphatic rings. The Balaban J connectivity index is 1.91. The topological polar surface area (TPSA) is 115 Å². The molecule has 0 N–H and O–H groups in total. The second kappa shape index (κ2) is 12.6. The van der Waals surface area contributed by atoms with E-state index in [2.05, 4.69) is 14.7 Å². The number of fused-ring (bicyclic) bond motifs is 1. The summed E-state index contributed by atoms with van der Waals surface area (Å²) in [5.74, 6) is -2.11. The average molecular weight is 488 g/mol. The van der Waals surface area contributed by atoms with Crippen molar-refractivity contribution in [2.45, 2.75) is 6.92 Å². The van der Waals surface area contributed by atoms with Gasteiger partial charge in [-0.2, -0.15) is 0 Å². The molecule has 3 aromatic rings. The molecule has 0 bridgehead atoms. The molecule has 0 amide bonds. The Morgan fingerprint density at radius 2 is 1.60 bits per heavy atom. The van der Waals surface area contributed by atoms with Crippen LogP contribution in [0.3, 0.4) is 0 Å². The lowest BCUT2D eigenvalue weighted by molar-refractivity contribution is -0.137. The van der Waals surface area contributed by atoms with Crippen LogP contribution < -0.4 is 14.2 Å². The van der Waals surface area contributed by atoms with Crippen LogP contribution in [0.15, 0.2) is 36.7 Å². The summed E-state index contributed by atoms with van der Waals surface area (Å²) in [6.45, 7) is 2.87. The Kier molecular flexibility index (Phi) is 9.27. The summed E-state index contributed by atoms with van der Waals surface area (Å²) in [5.41, 5.74) is 0.0751. The zero-order valence-electron chi connectivity index (χ0n) is 19.5. The van der Waals surface area contributed by atoms with Gasteiger partial charge >= 0.3 is 5.97 Å². The first-order valence-corrected chi connectivity index (χ1v) is 10.7. The highest BCUT2D eigenvalue weighted by molar-refractivity contribution is 6.40. The van der Waals surface area contributed by atoms with Gasteiger partial charge in [-0.05, 0) is 25.1 Å². The number of rotatable bonds is 13. The van der Waals surface area contributed by atoms with E-state index in [0.29, 0.717) is 42.2 Å². The van der Waals surface area contributed by atoms with Gasteiger partial charge in [-0.25, -0.2) is 19.2 Å². The summed E-state index contributed by atoms with van der Waals surface area (Å²) in [4.78, 5) is 32.1. The number of nitrogens with zero attached hydrogens (tertiary/aromatic N) is 2. The number of methoxy groups -OCH3 is 2. The van der Waals surface area contributed by atoms with E-state index in [4.69, 9.17) is 23.7 Å². The van der Waals surface area contributed by atoms with E-state index in [1.165, 1.54) is 12.4 Å². The lowest BCUT2D eigenvalue weighted by Crippen LogP contribution is -2.18. The van der Waals surface area contributed by atoms with Gasteiger partial charge in [0, 0.05) is 26.4 Å². The molecule has 186 valence electrons. The summed E-state index contributed by atoms with van der Waals surface area (Å²) in [6, 6.07) is 6.80. The molecule has 0 unspecified atom stereocenters. The minimum absolute atomic E-state index is 0.00444. The maximum absolute atomic E-state index is 14.6. The highest BCUT2D eigenvalue weighted by atomic mass is 19.1. The summed E-state index contributed by atoms with van der Waals surface area (Å²) in [6.07, 6.45) is 1.29. The van der Waals surface area contributed by atoms with E-state index in [0.717, 1.165) is 12.1 Å². The van der Waals surface area contributed by atoms with E-state index in [-0.39, 0.29) is 24.8 Å². The standard InChI is InChI=1S/C24H25FN2O8/c1-4-32-24(29)22(28)16-6-5-15(11-18(16)25)35-23-17-12-20(33-9-7-30-2)21(34-10-8-31-3)13-19(17)26-14-27-23/h5-6,11-14H,4,7-10H2,1-3H3. The molecule has 0 aliphatic carbocycles. The number of esters is 1. The van der Waals surface area contributed by atoms with Crippen LogP contribution in [0.4, 0.5) is 4.39 Å². The molecule has 0 saturated carbocycles. The van der Waals surface area contributed by atoms with Gasteiger partial charge in [0.05, 0.1) is 36.3 Å². The number of halogens is 1. The number of carbonyl (C=O) groups excluding carboxylic acids is 2. The Bertz CT molecular complexity index is 1190. The smallest absolute Gasteiger partial charge is 0.379 e. The molecule has 11 heteroatoms. The van der Waals surface area contributed by atoms with Crippen LogP contribution in [0.25, 0.3) is 10.9 Å². The third-order valence-corrected chi connectivity index (χ3v) is 4.61. The lowest BCUT2D eigenvalue weighted by Gasteiger charge is -2.15. The monoisotopic (exact) mass is 488 g/mol. The first-order valence-electron chi connectivity index (χ1n) is 10.7. The third-order valence-electron chi connectivity index (χ3n) is 4.61. The Labute approximate surface area is 200 Å². The average Bonchev–Trinajstić information content (AvgIpc) is 2.84. The minimum atomic E-state index is -1.13. The number of Topliss-reactive ketones (excluding diaryl/α,β-unsaturated/α-hetero) is 1. The number of hydrogen-bond donors (Lipinski definition) is 0. The fraction of sp³-hybridized carbons (Fsp3) is 0.333. The van der Waals surface area contributed by atoms with E-state index >= 15 is 0 Å². The third kappa shape index (κ3) is 6.61. The predicted octanol–water partition coefficient (Wildman–Crippen LogP) is 3.36. The van der Waals surface area contributed by atoms with Crippen molar-refractivity contribution in [1.29, 1.82) is 0 Å². The van der Waals surface area contributed by atoms with Crippen LogP contribution in [-0.2, 0) is 19.0 Å². The quantitative estimate of drug-likeness (QED) is 0.153. The Morgan fingerprint density at radius 1 is 0.914 bits per heavy atom. The SMILES string of the molecule is CCOC(=O)C(=O)c1ccc(Oc2ncnc3cc(OCCOC)c(OCCOC)cc23)cc1F. The zero-order valence-corrected chi connectivity index (χ0v) is 19.5. The van der Waals surface area contributed by atoms with Gasteiger partial charge < -0.3 is 28.4 Å². The van der Waals surface area contributed by atoms with Crippen molar-refractivity contribution in [2.24, 2.45) is 0 Å². The zero-order chi connectivity index (χ0) is 25.2. The summed E-state index contributed by atoms with van der Waals surface area (Å²) < 4.78 is 46.6. The molecule has 0 radical (unpaired) electrons. The summed E-state index contributed by atoms with van der Waals surface area (Å²) in [5, 5.41) is 0.478. The fourth-order valence-electron chi connectivity index (χ4n) is 2.98. The van der Waals surface area contributed by atoms with E-state index in [1.807, 2.05) is 0 Å². The highest BCUT2D eigenvalue weighted by Gasteiger charge is 2.22. The van der Waals surface area contributed by atoms with Crippen LogP contribution in [0.2, 0.25) is 0 Å². The normalized spacial score (nSPS) is 10.7. The van der Waals surface area contributed by atoms with Crippen molar-refractivity contribution in [1.82, 2.24) is 9.97 Å². The second-order valence-electron chi connectivity index (χ2n) is 6.97. The molecule has 10 nitrogen and oxygen atoms in total. The number of benzene rings is 2. The fourth-order valence-corrected chi connectivity index (χ4v) is 2.98. The lowest BCUT2D eigenvalue weighted by atomic mass is 10.1. The van der Waals surface area contributed by atoms with Gasteiger partial charge in [0.25, 0.3) is 5.78 Å². The molecular weight excluding hydrogens is 463 g/mol. The van der Waals surface area contributed by atoms with Gasteiger partial charge in [0.15, 0.2) is 11.5 Å². The van der Waals surface area contributed by atoms with Gasteiger partial charge in [-0.3, -0.25) is 4.79 Å². The summed E-state index contributed by atoms with van der Waals surface area (Å²) in [7, 11) is 3.13. The molecule has 1 aromatic heterocycles. The number of hydrogen-bond acceptors (Lipinski definition) is 10. The number of carbonyl (C=O) groups is 2. The maximum Gasteiger partial charge on any atom is 0.379 e. The Morgan fingerprint density at radius 3 is 2.23 bits per heavy atom. The van der Waals surface area contributed by atoms with Crippen LogP contribution >= 0.6 is 0 Å². The Hall–Kier alpha value is -3.83. The molecule has 0 fully saturated rings. The van der Waals surface area contributed by atoms with Gasteiger partial charge in [0.1, 0.15) is 31.1 Å². The largest absolute Gasteiger partial charge is 0.487 e. The van der Waals surface area contributed by atoms with E-state index in [1.54, 1.807) is 33.3 Å². The highest BCUT2D eigenvalue weighted by Crippen LogP contribution is 2.36. The molecule has 1 heterocycles. The molecule has 0 spiro atoms. The van der Waals surface area contributed by atoms with Gasteiger partial charge in [-0.15, -0.1) is 0 Å². The van der Waals surface area contributed by atoms with Crippen LogP contribution in [0.5, 0.6) is 23.1 Å². The van der Waals surface area contributed by atoms with Crippen molar-refractivity contribution < 1.29 is 42.4 Å². The van der Waals surface area contributed by atoms with Crippen molar-refractivity contribution in [2.75, 3.05) is 47.3 Å². The van der Waals surface area contributed by atoms with Crippen molar-refractivity contribution in [3.63, 3.8) is 0 Å². The van der Waals surface area contributed by atoms with Crippen LogP contribution in [-0.4, -0.2) is 69.0 Å². The minimum Gasteiger partial charge on any atom is -0.487 e.